The van der Waals surface area contributed by atoms with Crippen LogP contribution in [0.25, 0.3) is 0 Å². The predicted octanol–water partition coefficient (Wildman–Crippen LogP) is 4.08. The predicted molar refractivity (Wildman–Crippen MR) is 124 cm³/mol. The van der Waals surface area contributed by atoms with Crippen molar-refractivity contribution >= 4 is 44.8 Å². The van der Waals surface area contributed by atoms with Crippen LogP contribution >= 0.6 is 11.6 Å². The smallest absolute Gasteiger partial charge is 0.240 e. The summed E-state index contributed by atoms with van der Waals surface area (Å²) in [5.41, 5.74) is 0.870. The van der Waals surface area contributed by atoms with Crippen molar-refractivity contribution in [3.05, 3.63) is 53.3 Å². The zero-order chi connectivity index (χ0) is 23.6. The lowest BCUT2D eigenvalue weighted by Gasteiger charge is -2.22. The molecule has 1 saturated heterocycles. The number of sulfonamides is 1. The van der Waals surface area contributed by atoms with Crippen molar-refractivity contribution < 1.29 is 22.4 Å². The lowest BCUT2D eigenvalue weighted by molar-refractivity contribution is -0.122. The Hall–Kier alpha value is -2.49. The molecule has 1 saturated carbocycles. The van der Waals surface area contributed by atoms with Crippen molar-refractivity contribution in [1.82, 2.24) is 4.72 Å². The van der Waals surface area contributed by atoms with Crippen molar-refractivity contribution in [2.75, 3.05) is 16.8 Å². The number of amides is 2. The largest absolute Gasteiger partial charge is 0.326 e. The third-order valence-corrected chi connectivity index (χ3v) is 7.90. The van der Waals surface area contributed by atoms with Crippen LogP contribution in [0.1, 0.15) is 38.5 Å². The van der Waals surface area contributed by atoms with Crippen LogP contribution in [0.3, 0.4) is 0 Å². The normalized spacial score (nSPS) is 19.6. The van der Waals surface area contributed by atoms with Crippen molar-refractivity contribution in [2.45, 2.75) is 49.5 Å². The van der Waals surface area contributed by atoms with E-state index in [1.54, 1.807) is 0 Å². The molecule has 2 aromatic rings. The van der Waals surface area contributed by atoms with Gasteiger partial charge in [0.05, 0.1) is 15.8 Å². The highest BCUT2D eigenvalue weighted by Gasteiger charge is 2.35. The van der Waals surface area contributed by atoms with Gasteiger partial charge in [0.1, 0.15) is 5.82 Å². The quantitative estimate of drug-likeness (QED) is 0.633. The standard InChI is InChI=1S/C23H25ClFN3O4S/c24-20-13-18(8-11-21(20)25)28-14-15(12-22(28)29)23(30)26-16-6-9-19(10-7-16)33(31,32)27-17-4-2-1-3-5-17/h6-11,13,15,17,27H,1-5,12,14H2,(H,26,30). The summed E-state index contributed by atoms with van der Waals surface area (Å²) in [5, 5.41) is 2.64. The minimum absolute atomic E-state index is 0.0125. The second-order valence-corrected chi connectivity index (χ2v) is 10.6. The highest BCUT2D eigenvalue weighted by atomic mass is 35.5. The molecule has 2 aliphatic rings. The molecule has 1 atom stereocenters. The van der Waals surface area contributed by atoms with E-state index in [1.165, 1.54) is 47.4 Å². The average Bonchev–Trinajstić information content (AvgIpc) is 3.18. The molecule has 4 rings (SSSR count). The van der Waals surface area contributed by atoms with Gasteiger partial charge in [-0.15, -0.1) is 0 Å². The first-order chi connectivity index (χ1) is 15.7. The van der Waals surface area contributed by atoms with Gasteiger partial charge in [0, 0.05) is 30.4 Å². The number of anilines is 2. The molecular formula is C23H25ClFN3O4S. The van der Waals surface area contributed by atoms with Crippen molar-refractivity contribution in [2.24, 2.45) is 5.92 Å². The Labute approximate surface area is 197 Å². The fourth-order valence-corrected chi connectivity index (χ4v) is 5.74. The van der Waals surface area contributed by atoms with Gasteiger partial charge in [0.25, 0.3) is 0 Å². The van der Waals surface area contributed by atoms with Crippen LogP contribution in [-0.4, -0.2) is 32.8 Å². The lowest BCUT2D eigenvalue weighted by atomic mass is 9.96. The minimum atomic E-state index is -3.62. The molecule has 0 bridgehead atoms. The summed E-state index contributed by atoms with van der Waals surface area (Å²) >= 11 is 5.81. The third-order valence-electron chi connectivity index (χ3n) is 6.07. The summed E-state index contributed by atoms with van der Waals surface area (Å²) in [6.07, 6.45) is 4.87. The van der Waals surface area contributed by atoms with Gasteiger partial charge < -0.3 is 10.2 Å². The van der Waals surface area contributed by atoms with Gasteiger partial charge in [-0.05, 0) is 55.3 Å². The number of nitrogens with one attached hydrogen (secondary N) is 2. The molecule has 7 nitrogen and oxygen atoms in total. The molecule has 2 amide bonds. The maximum atomic E-state index is 13.4. The number of rotatable bonds is 6. The third kappa shape index (κ3) is 5.54. The number of carbonyl (C=O) groups excluding carboxylic acids is 2. The summed E-state index contributed by atoms with van der Waals surface area (Å²) in [6.45, 7) is 0.143. The van der Waals surface area contributed by atoms with Gasteiger partial charge in [0.15, 0.2) is 0 Å². The summed E-state index contributed by atoms with van der Waals surface area (Å²) in [7, 11) is -3.62. The van der Waals surface area contributed by atoms with Crippen LogP contribution < -0.4 is 14.9 Å². The van der Waals surface area contributed by atoms with E-state index in [-0.39, 0.29) is 40.7 Å². The number of carbonyl (C=O) groups is 2. The van der Waals surface area contributed by atoms with Gasteiger partial charge in [-0.1, -0.05) is 30.9 Å². The highest BCUT2D eigenvalue weighted by molar-refractivity contribution is 7.89. The van der Waals surface area contributed by atoms with Crippen LogP contribution in [0, 0.1) is 11.7 Å². The molecule has 1 aliphatic carbocycles. The Morgan fingerprint density at radius 2 is 1.76 bits per heavy atom. The Bertz CT molecular complexity index is 1150. The molecule has 0 spiro atoms. The Balaban J connectivity index is 1.37. The molecule has 10 heteroatoms. The average molecular weight is 494 g/mol. The van der Waals surface area contributed by atoms with Gasteiger partial charge >= 0.3 is 0 Å². The molecule has 1 heterocycles. The van der Waals surface area contributed by atoms with Crippen molar-refractivity contribution in [3.8, 4) is 0 Å². The molecule has 2 fully saturated rings. The maximum Gasteiger partial charge on any atom is 0.240 e. The molecule has 1 unspecified atom stereocenters. The SMILES string of the molecule is O=C(Nc1ccc(S(=O)(=O)NC2CCCCC2)cc1)C1CC(=O)N(c2ccc(F)c(Cl)c2)C1. The first-order valence-corrected chi connectivity index (χ1v) is 12.8. The first kappa shape index (κ1) is 23.7. The van der Waals surface area contributed by atoms with Crippen LogP contribution in [0.15, 0.2) is 47.4 Å². The van der Waals surface area contributed by atoms with Crippen molar-refractivity contribution in [1.29, 1.82) is 0 Å². The van der Waals surface area contributed by atoms with E-state index < -0.39 is 21.8 Å². The van der Waals surface area contributed by atoms with Crippen molar-refractivity contribution in [3.63, 3.8) is 0 Å². The number of benzene rings is 2. The monoisotopic (exact) mass is 493 g/mol. The topological polar surface area (TPSA) is 95.6 Å². The van der Waals surface area contributed by atoms with E-state index in [1.807, 2.05) is 0 Å². The molecular weight excluding hydrogens is 469 g/mol. The van der Waals surface area contributed by atoms with E-state index in [9.17, 15) is 22.4 Å². The zero-order valence-electron chi connectivity index (χ0n) is 17.9. The summed E-state index contributed by atoms with van der Waals surface area (Å²) in [6, 6.07) is 9.90. The number of nitrogens with zero attached hydrogens (tertiary/aromatic N) is 1. The molecule has 0 radical (unpaired) electrons. The molecule has 2 aromatic carbocycles. The van der Waals surface area contributed by atoms with Crippen LogP contribution in [-0.2, 0) is 19.6 Å². The lowest BCUT2D eigenvalue weighted by Crippen LogP contribution is -2.36. The Morgan fingerprint density at radius 1 is 1.06 bits per heavy atom. The highest BCUT2D eigenvalue weighted by Crippen LogP contribution is 2.29. The summed E-state index contributed by atoms with van der Waals surface area (Å²) < 4.78 is 41.4. The van der Waals surface area contributed by atoms with E-state index in [2.05, 4.69) is 10.0 Å². The molecule has 0 aromatic heterocycles. The van der Waals surface area contributed by atoms with Gasteiger partial charge in [-0.25, -0.2) is 17.5 Å². The Morgan fingerprint density at radius 3 is 2.42 bits per heavy atom. The molecule has 33 heavy (non-hydrogen) atoms. The summed E-state index contributed by atoms with van der Waals surface area (Å²) in [4.78, 5) is 26.6. The second kappa shape index (κ2) is 9.79. The number of hydrogen-bond donors (Lipinski definition) is 2. The van der Waals surface area contributed by atoms with E-state index in [4.69, 9.17) is 11.6 Å². The van der Waals surface area contributed by atoms with E-state index in [0.717, 1.165) is 32.1 Å². The number of halogens is 2. The zero-order valence-corrected chi connectivity index (χ0v) is 19.5. The van der Waals surface area contributed by atoms with Gasteiger partial charge in [0.2, 0.25) is 21.8 Å². The van der Waals surface area contributed by atoms with Crippen LogP contribution in [0.5, 0.6) is 0 Å². The van der Waals surface area contributed by atoms with Gasteiger partial charge in [-0.3, -0.25) is 9.59 Å². The summed E-state index contributed by atoms with van der Waals surface area (Å²) in [5.74, 6) is -1.79. The van der Waals surface area contributed by atoms with Crippen LogP contribution in [0.2, 0.25) is 5.02 Å². The molecule has 176 valence electrons. The first-order valence-electron chi connectivity index (χ1n) is 10.9. The van der Waals surface area contributed by atoms with Crippen LogP contribution in [0.4, 0.5) is 15.8 Å². The second-order valence-electron chi connectivity index (χ2n) is 8.47. The fourth-order valence-electron chi connectivity index (χ4n) is 4.26. The fraction of sp³-hybridized carbons (Fsp3) is 0.391. The molecule has 2 N–H and O–H groups in total. The minimum Gasteiger partial charge on any atom is -0.326 e. The number of hydrogen-bond acceptors (Lipinski definition) is 4. The maximum absolute atomic E-state index is 13.4. The van der Waals surface area contributed by atoms with E-state index in [0.29, 0.717) is 11.4 Å². The van der Waals surface area contributed by atoms with Gasteiger partial charge in [-0.2, -0.15) is 0 Å². The molecule has 1 aliphatic heterocycles. The van der Waals surface area contributed by atoms with E-state index >= 15 is 0 Å². The Kier molecular flexibility index (Phi) is 7.02.